The van der Waals surface area contributed by atoms with Crippen LogP contribution in [0.3, 0.4) is 0 Å². The molecule has 0 spiro atoms. The van der Waals surface area contributed by atoms with Crippen molar-refractivity contribution in [2.45, 2.75) is 19.4 Å². The van der Waals surface area contributed by atoms with Crippen molar-refractivity contribution in [1.82, 2.24) is 14.5 Å². The van der Waals surface area contributed by atoms with Gasteiger partial charge in [0, 0.05) is 24.8 Å². The molecule has 96 valence electrons. The van der Waals surface area contributed by atoms with E-state index in [9.17, 15) is 4.79 Å². The van der Waals surface area contributed by atoms with Gasteiger partial charge in [0.2, 0.25) is 0 Å². The summed E-state index contributed by atoms with van der Waals surface area (Å²) in [5.74, 6) is 0.723. The zero-order valence-corrected chi connectivity index (χ0v) is 10.7. The van der Waals surface area contributed by atoms with E-state index in [1.54, 1.807) is 35.4 Å². The van der Waals surface area contributed by atoms with Crippen molar-refractivity contribution >= 4 is 5.70 Å². The van der Waals surface area contributed by atoms with E-state index in [0.29, 0.717) is 0 Å². The molecule has 0 unspecified atom stereocenters. The SMILES string of the molecule is CC1(C)C=C(n2ccncc2=O)c2cnccc2O1. The van der Waals surface area contributed by atoms with E-state index in [-0.39, 0.29) is 5.56 Å². The molecule has 5 nitrogen and oxygen atoms in total. The fourth-order valence-electron chi connectivity index (χ4n) is 2.13. The summed E-state index contributed by atoms with van der Waals surface area (Å²) < 4.78 is 7.42. The number of pyridine rings is 1. The first-order valence-electron chi connectivity index (χ1n) is 5.96. The minimum atomic E-state index is -0.480. The zero-order chi connectivity index (χ0) is 13.5. The van der Waals surface area contributed by atoms with Gasteiger partial charge in [0.25, 0.3) is 5.56 Å². The van der Waals surface area contributed by atoms with E-state index >= 15 is 0 Å². The Labute approximate surface area is 110 Å². The Kier molecular flexibility index (Phi) is 2.48. The predicted molar refractivity (Wildman–Crippen MR) is 70.8 cm³/mol. The van der Waals surface area contributed by atoms with Crippen LogP contribution < -0.4 is 10.3 Å². The Hall–Kier alpha value is -2.43. The first-order valence-corrected chi connectivity index (χ1v) is 5.96. The van der Waals surface area contributed by atoms with E-state index < -0.39 is 5.60 Å². The number of ether oxygens (including phenoxy) is 1. The van der Waals surface area contributed by atoms with Gasteiger partial charge in [-0.3, -0.25) is 19.3 Å². The molecule has 2 aromatic rings. The van der Waals surface area contributed by atoms with Crippen molar-refractivity contribution in [2.24, 2.45) is 0 Å². The molecule has 1 aliphatic heterocycles. The van der Waals surface area contributed by atoms with Gasteiger partial charge in [0.15, 0.2) is 0 Å². The molecule has 3 heterocycles. The number of rotatable bonds is 1. The third-order valence-electron chi connectivity index (χ3n) is 2.90. The molecule has 0 aromatic carbocycles. The lowest BCUT2D eigenvalue weighted by molar-refractivity contribution is 0.157. The summed E-state index contributed by atoms with van der Waals surface area (Å²) in [4.78, 5) is 19.9. The molecule has 0 radical (unpaired) electrons. The highest BCUT2D eigenvalue weighted by Crippen LogP contribution is 2.35. The third kappa shape index (κ3) is 2.03. The Morgan fingerprint density at radius 2 is 2.00 bits per heavy atom. The highest BCUT2D eigenvalue weighted by atomic mass is 16.5. The maximum Gasteiger partial charge on any atom is 0.273 e. The molecule has 3 rings (SSSR count). The van der Waals surface area contributed by atoms with Gasteiger partial charge >= 0.3 is 0 Å². The summed E-state index contributed by atoms with van der Waals surface area (Å²) in [6, 6.07) is 1.80. The minimum Gasteiger partial charge on any atom is -0.483 e. The lowest BCUT2D eigenvalue weighted by atomic mass is 10.0. The Bertz CT molecular complexity index is 716. The fourth-order valence-corrected chi connectivity index (χ4v) is 2.13. The van der Waals surface area contributed by atoms with Crippen LogP contribution in [0.15, 0.2) is 47.9 Å². The van der Waals surface area contributed by atoms with Crippen LogP contribution in [-0.2, 0) is 0 Å². The number of nitrogens with zero attached hydrogens (tertiary/aromatic N) is 3. The van der Waals surface area contributed by atoms with Crippen molar-refractivity contribution in [1.29, 1.82) is 0 Å². The van der Waals surface area contributed by atoms with Gasteiger partial charge in [0.1, 0.15) is 11.4 Å². The fraction of sp³-hybridized carbons (Fsp3) is 0.214. The van der Waals surface area contributed by atoms with Crippen LogP contribution in [0.2, 0.25) is 0 Å². The molecule has 19 heavy (non-hydrogen) atoms. The van der Waals surface area contributed by atoms with E-state index in [0.717, 1.165) is 17.0 Å². The molecule has 0 atom stereocenters. The van der Waals surface area contributed by atoms with Crippen molar-refractivity contribution in [3.05, 3.63) is 59.0 Å². The van der Waals surface area contributed by atoms with E-state index in [4.69, 9.17) is 4.74 Å². The maximum absolute atomic E-state index is 11.9. The van der Waals surface area contributed by atoms with Gasteiger partial charge in [-0.1, -0.05) is 0 Å². The first-order chi connectivity index (χ1) is 9.07. The summed E-state index contributed by atoms with van der Waals surface area (Å²) in [5.41, 5.74) is 0.912. The van der Waals surface area contributed by atoms with Crippen LogP contribution in [0.5, 0.6) is 5.75 Å². The molecule has 2 aromatic heterocycles. The zero-order valence-electron chi connectivity index (χ0n) is 10.7. The van der Waals surface area contributed by atoms with Crippen molar-refractivity contribution in [3.63, 3.8) is 0 Å². The summed E-state index contributed by atoms with van der Waals surface area (Å²) in [6.45, 7) is 3.89. The summed E-state index contributed by atoms with van der Waals surface area (Å²) in [7, 11) is 0. The van der Waals surface area contributed by atoms with Crippen LogP contribution in [0.25, 0.3) is 5.70 Å². The van der Waals surface area contributed by atoms with Gasteiger partial charge in [-0.05, 0) is 26.0 Å². The summed E-state index contributed by atoms with van der Waals surface area (Å²) >= 11 is 0. The quantitative estimate of drug-likeness (QED) is 0.778. The van der Waals surface area contributed by atoms with Crippen LogP contribution in [0, 0.1) is 0 Å². The van der Waals surface area contributed by atoms with Gasteiger partial charge in [-0.15, -0.1) is 0 Å². The second-order valence-corrected chi connectivity index (χ2v) is 4.89. The van der Waals surface area contributed by atoms with Gasteiger partial charge in [-0.25, -0.2) is 0 Å². The van der Waals surface area contributed by atoms with Crippen molar-refractivity contribution < 1.29 is 4.74 Å². The molecule has 0 bridgehead atoms. The average Bonchev–Trinajstić information content (AvgIpc) is 2.37. The Morgan fingerprint density at radius 1 is 1.21 bits per heavy atom. The van der Waals surface area contributed by atoms with Crippen molar-refractivity contribution in [3.8, 4) is 5.75 Å². The van der Waals surface area contributed by atoms with Gasteiger partial charge in [-0.2, -0.15) is 0 Å². The normalized spacial score (nSPS) is 16.2. The molecule has 0 fully saturated rings. The van der Waals surface area contributed by atoms with Gasteiger partial charge < -0.3 is 4.74 Å². The van der Waals surface area contributed by atoms with Crippen LogP contribution in [-0.4, -0.2) is 20.1 Å². The van der Waals surface area contributed by atoms with E-state index in [1.807, 2.05) is 19.9 Å². The van der Waals surface area contributed by atoms with Crippen LogP contribution >= 0.6 is 0 Å². The summed E-state index contributed by atoms with van der Waals surface area (Å²) in [5, 5.41) is 0. The topological polar surface area (TPSA) is 57.0 Å². The average molecular weight is 255 g/mol. The third-order valence-corrected chi connectivity index (χ3v) is 2.90. The minimum absolute atomic E-state index is 0.179. The molecule has 0 N–H and O–H groups in total. The number of hydrogen-bond donors (Lipinski definition) is 0. The van der Waals surface area contributed by atoms with E-state index in [1.165, 1.54) is 6.20 Å². The number of hydrogen-bond acceptors (Lipinski definition) is 4. The molecule has 1 aliphatic rings. The number of aromatic nitrogens is 3. The second kappa shape index (κ2) is 4.05. The monoisotopic (exact) mass is 255 g/mol. The standard InChI is InChI=1S/C14H13N3O2/c1-14(2)7-11(17-6-5-16-9-13(17)18)10-8-15-4-3-12(10)19-14/h3-9H,1-2H3. The predicted octanol–water partition coefficient (Wildman–Crippen LogP) is 1.70. The maximum atomic E-state index is 11.9. The lowest BCUT2D eigenvalue weighted by Crippen LogP contribution is -2.32. The second-order valence-electron chi connectivity index (χ2n) is 4.89. The molecule has 0 amide bonds. The van der Waals surface area contributed by atoms with Crippen LogP contribution in [0.4, 0.5) is 0 Å². The molecule has 0 saturated carbocycles. The van der Waals surface area contributed by atoms with Crippen molar-refractivity contribution in [2.75, 3.05) is 0 Å². The molecule has 0 aliphatic carbocycles. The largest absolute Gasteiger partial charge is 0.483 e. The summed E-state index contributed by atoms with van der Waals surface area (Å²) in [6.07, 6.45) is 9.81. The lowest BCUT2D eigenvalue weighted by Gasteiger charge is -2.31. The van der Waals surface area contributed by atoms with Crippen LogP contribution in [0.1, 0.15) is 19.4 Å². The molecular weight excluding hydrogens is 242 g/mol. The smallest absolute Gasteiger partial charge is 0.273 e. The molecular formula is C14H13N3O2. The molecule has 0 saturated heterocycles. The highest BCUT2D eigenvalue weighted by Gasteiger charge is 2.27. The van der Waals surface area contributed by atoms with E-state index in [2.05, 4.69) is 9.97 Å². The van der Waals surface area contributed by atoms with Gasteiger partial charge in [0.05, 0.1) is 17.5 Å². The molecule has 5 heteroatoms. The first kappa shape index (κ1) is 11.6. The highest BCUT2D eigenvalue weighted by molar-refractivity contribution is 5.72. The number of fused-ring (bicyclic) bond motifs is 1. The Balaban J connectivity index is 2.27. The Morgan fingerprint density at radius 3 is 2.79 bits per heavy atom.